The van der Waals surface area contributed by atoms with Gasteiger partial charge in [-0.2, -0.15) is 4.98 Å². The number of carbonyl (C=O) groups excluding carboxylic acids is 1. The molecule has 31 heavy (non-hydrogen) atoms. The van der Waals surface area contributed by atoms with Crippen molar-refractivity contribution in [1.29, 1.82) is 0 Å². The van der Waals surface area contributed by atoms with Gasteiger partial charge in [0.15, 0.2) is 5.82 Å². The molecule has 0 aliphatic carbocycles. The van der Waals surface area contributed by atoms with E-state index in [1.165, 1.54) is 11.1 Å². The Morgan fingerprint density at radius 2 is 1.77 bits per heavy atom. The molecule has 1 aliphatic heterocycles. The van der Waals surface area contributed by atoms with Crippen molar-refractivity contribution in [3.8, 4) is 11.4 Å². The van der Waals surface area contributed by atoms with Crippen LogP contribution in [0.15, 0.2) is 48.5 Å². The van der Waals surface area contributed by atoms with Gasteiger partial charge in [0.05, 0.1) is 11.4 Å². The Balaban J connectivity index is 1.45. The molecule has 7 heteroatoms. The van der Waals surface area contributed by atoms with Gasteiger partial charge < -0.3 is 4.90 Å². The molecule has 0 unspecified atom stereocenters. The molecule has 2 aromatic carbocycles. The lowest BCUT2D eigenvalue weighted by molar-refractivity contribution is -0.131. The summed E-state index contributed by atoms with van der Waals surface area (Å²) >= 11 is 6.32. The van der Waals surface area contributed by atoms with Crippen molar-refractivity contribution < 1.29 is 4.79 Å². The van der Waals surface area contributed by atoms with Gasteiger partial charge in [0.1, 0.15) is 0 Å². The maximum absolute atomic E-state index is 13.1. The van der Waals surface area contributed by atoms with Crippen molar-refractivity contribution in [2.45, 2.75) is 33.2 Å². The molecule has 6 nitrogen and oxygen atoms in total. The van der Waals surface area contributed by atoms with E-state index in [2.05, 4.69) is 33.3 Å². The zero-order valence-electron chi connectivity index (χ0n) is 17.5. The van der Waals surface area contributed by atoms with Crippen molar-refractivity contribution in [3.05, 3.63) is 81.6 Å². The predicted octanol–water partition coefficient (Wildman–Crippen LogP) is 4.19. The molecule has 2 aromatic heterocycles. The number of aromatic nitrogens is 4. The zero-order chi connectivity index (χ0) is 21.5. The Morgan fingerprint density at radius 3 is 2.58 bits per heavy atom. The number of nitrogens with zero attached hydrogens (tertiary/aromatic N) is 5. The summed E-state index contributed by atoms with van der Waals surface area (Å²) < 4.78 is 1.71. The van der Waals surface area contributed by atoms with Crippen molar-refractivity contribution >= 4 is 23.3 Å². The van der Waals surface area contributed by atoms with Gasteiger partial charge in [-0.3, -0.25) is 4.79 Å². The van der Waals surface area contributed by atoms with Crippen LogP contribution in [-0.4, -0.2) is 36.9 Å². The van der Waals surface area contributed by atoms with Crippen LogP contribution >= 0.6 is 11.6 Å². The smallest absolute Gasteiger partial charge is 0.253 e. The van der Waals surface area contributed by atoms with E-state index in [9.17, 15) is 4.79 Å². The number of aryl methyl sites for hydroxylation is 2. The predicted molar refractivity (Wildman–Crippen MR) is 120 cm³/mol. The van der Waals surface area contributed by atoms with Gasteiger partial charge in [0, 0.05) is 35.6 Å². The summed E-state index contributed by atoms with van der Waals surface area (Å²) in [5.41, 5.74) is 5.89. The summed E-state index contributed by atoms with van der Waals surface area (Å²) in [7, 11) is 0. The van der Waals surface area contributed by atoms with Crippen LogP contribution in [0.3, 0.4) is 0 Å². The van der Waals surface area contributed by atoms with E-state index in [1.807, 2.05) is 49.1 Å². The van der Waals surface area contributed by atoms with E-state index in [1.54, 1.807) is 4.52 Å². The number of halogens is 1. The second kappa shape index (κ2) is 7.78. The average Bonchev–Trinajstić information content (AvgIpc) is 3.20. The monoisotopic (exact) mass is 431 g/mol. The molecule has 156 valence electrons. The molecular formula is C24H22ClN5O. The summed E-state index contributed by atoms with van der Waals surface area (Å²) in [5, 5.41) is 5.22. The first kappa shape index (κ1) is 19.7. The maximum Gasteiger partial charge on any atom is 0.253 e. The summed E-state index contributed by atoms with van der Waals surface area (Å²) in [5.74, 6) is 1.14. The third-order valence-electron chi connectivity index (χ3n) is 5.98. The number of hydrogen-bond acceptors (Lipinski definition) is 4. The van der Waals surface area contributed by atoms with Crippen LogP contribution in [0.2, 0.25) is 5.02 Å². The number of benzene rings is 2. The van der Waals surface area contributed by atoms with Crippen molar-refractivity contribution in [1.82, 2.24) is 24.5 Å². The lowest BCUT2D eigenvalue weighted by Gasteiger charge is -2.29. The lowest BCUT2D eigenvalue weighted by atomic mass is 9.99. The Morgan fingerprint density at radius 1 is 1.03 bits per heavy atom. The Kier molecular flexibility index (Phi) is 4.94. The number of hydrogen-bond donors (Lipinski definition) is 0. The van der Waals surface area contributed by atoms with E-state index in [0.717, 1.165) is 35.5 Å². The Labute approximate surface area is 185 Å². The SMILES string of the molecule is Cc1nc2nc(-c3ccccc3Cl)nn2c(C)c1CC(=O)N1CCc2ccccc2C1. The molecule has 0 saturated carbocycles. The van der Waals surface area contributed by atoms with Crippen LogP contribution < -0.4 is 0 Å². The second-order valence-corrected chi connectivity index (χ2v) is 8.31. The number of rotatable bonds is 3. The van der Waals surface area contributed by atoms with Gasteiger partial charge >= 0.3 is 0 Å². The van der Waals surface area contributed by atoms with Crippen molar-refractivity contribution in [3.63, 3.8) is 0 Å². The molecule has 1 amide bonds. The Bertz CT molecular complexity index is 1310. The van der Waals surface area contributed by atoms with Crippen LogP contribution in [0.5, 0.6) is 0 Å². The zero-order valence-corrected chi connectivity index (χ0v) is 18.2. The van der Waals surface area contributed by atoms with E-state index < -0.39 is 0 Å². The molecule has 0 N–H and O–H groups in total. The number of amides is 1. The van der Waals surface area contributed by atoms with Crippen LogP contribution in [0.1, 0.15) is 28.1 Å². The largest absolute Gasteiger partial charge is 0.338 e. The highest BCUT2D eigenvalue weighted by molar-refractivity contribution is 6.33. The minimum atomic E-state index is 0.105. The standard InChI is InChI=1S/C24H22ClN5O/c1-15-20(13-22(31)29-12-11-17-7-3-4-8-18(17)14-29)16(2)30-24(26-15)27-23(28-30)19-9-5-6-10-21(19)25/h3-10H,11-14H2,1-2H3. The fourth-order valence-corrected chi connectivity index (χ4v) is 4.41. The van der Waals surface area contributed by atoms with Crippen LogP contribution in [0, 0.1) is 13.8 Å². The molecular weight excluding hydrogens is 410 g/mol. The normalized spacial score (nSPS) is 13.5. The lowest BCUT2D eigenvalue weighted by Crippen LogP contribution is -2.37. The molecule has 1 aliphatic rings. The van der Waals surface area contributed by atoms with E-state index in [0.29, 0.717) is 29.6 Å². The summed E-state index contributed by atoms with van der Waals surface area (Å²) in [6.45, 7) is 5.28. The quantitative estimate of drug-likeness (QED) is 0.488. The molecule has 3 heterocycles. The summed E-state index contributed by atoms with van der Waals surface area (Å²) in [6.07, 6.45) is 1.19. The molecule has 0 spiro atoms. The van der Waals surface area contributed by atoms with Gasteiger partial charge in [-0.1, -0.05) is 48.0 Å². The number of carbonyl (C=O) groups is 1. The van der Waals surface area contributed by atoms with Gasteiger partial charge in [-0.15, -0.1) is 5.10 Å². The highest BCUT2D eigenvalue weighted by Crippen LogP contribution is 2.26. The molecule has 5 rings (SSSR count). The first-order valence-electron chi connectivity index (χ1n) is 10.3. The van der Waals surface area contributed by atoms with Crippen molar-refractivity contribution in [2.75, 3.05) is 6.54 Å². The third-order valence-corrected chi connectivity index (χ3v) is 6.30. The first-order chi connectivity index (χ1) is 15.0. The second-order valence-electron chi connectivity index (χ2n) is 7.90. The van der Waals surface area contributed by atoms with E-state index in [4.69, 9.17) is 11.6 Å². The molecule has 0 saturated heterocycles. The molecule has 0 atom stereocenters. The van der Waals surface area contributed by atoms with Crippen LogP contribution in [0.25, 0.3) is 17.2 Å². The first-order valence-corrected chi connectivity index (χ1v) is 10.7. The van der Waals surface area contributed by atoms with Gasteiger partial charge in [-0.25, -0.2) is 9.50 Å². The molecule has 4 aromatic rings. The maximum atomic E-state index is 13.1. The summed E-state index contributed by atoms with van der Waals surface area (Å²) in [4.78, 5) is 24.2. The van der Waals surface area contributed by atoms with Gasteiger partial charge in [-0.05, 0) is 43.5 Å². The molecule has 0 radical (unpaired) electrons. The fourth-order valence-electron chi connectivity index (χ4n) is 4.19. The molecule has 0 bridgehead atoms. The minimum Gasteiger partial charge on any atom is -0.338 e. The minimum absolute atomic E-state index is 0.105. The highest BCUT2D eigenvalue weighted by Gasteiger charge is 2.23. The third kappa shape index (κ3) is 3.57. The van der Waals surface area contributed by atoms with Crippen LogP contribution in [-0.2, 0) is 24.2 Å². The van der Waals surface area contributed by atoms with E-state index >= 15 is 0 Å². The van der Waals surface area contributed by atoms with Crippen LogP contribution in [0.4, 0.5) is 0 Å². The average molecular weight is 432 g/mol. The number of fused-ring (bicyclic) bond motifs is 2. The van der Waals surface area contributed by atoms with Crippen molar-refractivity contribution in [2.24, 2.45) is 0 Å². The molecule has 0 fully saturated rings. The summed E-state index contributed by atoms with van der Waals surface area (Å²) in [6, 6.07) is 15.8. The Hall–Kier alpha value is -3.25. The topological polar surface area (TPSA) is 63.4 Å². The highest BCUT2D eigenvalue weighted by atomic mass is 35.5. The van der Waals surface area contributed by atoms with Gasteiger partial charge in [0.25, 0.3) is 5.78 Å². The van der Waals surface area contributed by atoms with Gasteiger partial charge in [0.2, 0.25) is 5.91 Å². The fraction of sp³-hybridized carbons (Fsp3) is 0.250. The van der Waals surface area contributed by atoms with E-state index in [-0.39, 0.29) is 5.91 Å².